The molecular formula is C19H30ClN2O+. The largest absolute Gasteiger partial charge is 0.283 e. The molecule has 0 aliphatic carbocycles. The molecule has 0 unspecified atom stereocenters. The Morgan fingerprint density at radius 2 is 1.87 bits per heavy atom. The zero-order valence-electron chi connectivity index (χ0n) is 14.8. The number of rotatable bonds is 6. The van der Waals surface area contributed by atoms with Gasteiger partial charge < -0.3 is 0 Å². The van der Waals surface area contributed by atoms with Crippen LogP contribution in [0.25, 0.3) is 6.08 Å². The molecule has 0 bridgehead atoms. The van der Waals surface area contributed by atoms with Gasteiger partial charge in [-0.2, -0.15) is 0 Å². The lowest BCUT2D eigenvalue weighted by atomic mass is 10.1. The fraction of sp³-hybridized carbons (Fsp3) is 0.421. The van der Waals surface area contributed by atoms with E-state index >= 15 is 0 Å². The van der Waals surface area contributed by atoms with Crippen LogP contribution in [0.5, 0.6) is 0 Å². The number of benzene rings is 1. The summed E-state index contributed by atoms with van der Waals surface area (Å²) in [5, 5.41) is 0. The van der Waals surface area contributed by atoms with Crippen molar-refractivity contribution in [2.75, 3.05) is 7.11 Å². The molecule has 0 aliphatic rings. The molecule has 0 amide bonds. The molecule has 1 aromatic carbocycles. The number of aromatic nitrogens is 2. The highest BCUT2D eigenvalue weighted by Crippen LogP contribution is 2.05. The van der Waals surface area contributed by atoms with E-state index in [-0.39, 0.29) is 0 Å². The molecule has 4 heteroatoms. The highest BCUT2D eigenvalue weighted by Gasteiger charge is 2.04. The number of nitrogens with zero attached hydrogens (tertiary/aromatic N) is 2. The normalized spacial score (nSPS) is 9.26. The van der Waals surface area contributed by atoms with Gasteiger partial charge in [0.1, 0.15) is 18.9 Å². The highest BCUT2D eigenvalue weighted by atomic mass is 35.5. The number of imidazole rings is 1. The van der Waals surface area contributed by atoms with Crippen molar-refractivity contribution in [1.29, 1.82) is 0 Å². The minimum absolute atomic E-state index is 0.927. The van der Waals surface area contributed by atoms with Gasteiger partial charge in [-0.25, -0.2) is 9.13 Å². The molecule has 0 aliphatic heterocycles. The fourth-order valence-corrected chi connectivity index (χ4v) is 1.98. The van der Waals surface area contributed by atoms with E-state index in [1.165, 1.54) is 31.1 Å². The van der Waals surface area contributed by atoms with Crippen LogP contribution < -0.4 is 4.57 Å². The second-order valence-corrected chi connectivity index (χ2v) is 5.09. The topological polar surface area (TPSA) is 18.0 Å². The molecule has 0 atom stereocenters. The average Bonchev–Trinajstić information content (AvgIpc) is 3.03. The molecule has 0 spiro atoms. The Balaban J connectivity index is 0.000000868. The summed E-state index contributed by atoms with van der Waals surface area (Å²) < 4.78 is 8.19. The Morgan fingerprint density at radius 1 is 1.26 bits per heavy atom. The van der Waals surface area contributed by atoms with E-state index in [2.05, 4.69) is 81.8 Å². The predicted molar refractivity (Wildman–Crippen MR) is 99.4 cm³/mol. The summed E-state index contributed by atoms with van der Waals surface area (Å²) in [6, 6.07) is 8.54. The van der Waals surface area contributed by atoms with E-state index < -0.39 is 0 Å². The zero-order valence-corrected chi connectivity index (χ0v) is 15.6. The van der Waals surface area contributed by atoms with Gasteiger partial charge in [0, 0.05) is 0 Å². The summed E-state index contributed by atoms with van der Waals surface area (Å²) in [5.74, 6) is 0. The van der Waals surface area contributed by atoms with Crippen molar-refractivity contribution in [3.05, 3.63) is 60.7 Å². The van der Waals surface area contributed by atoms with Crippen molar-refractivity contribution in [3.63, 3.8) is 0 Å². The predicted octanol–water partition coefficient (Wildman–Crippen LogP) is 5.08. The lowest BCUT2D eigenvalue weighted by Crippen LogP contribution is -2.31. The maximum absolute atomic E-state index is 4.50. The van der Waals surface area contributed by atoms with Crippen LogP contribution in [0.15, 0.2) is 49.6 Å². The third kappa shape index (κ3) is 9.22. The van der Waals surface area contributed by atoms with Crippen molar-refractivity contribution in [1.82, 2.24) is 4.57 Å². The van der Waals surface area contributed by atoms with Gasteiger partial charge in [-0.1, -0.05) is 64.1 Å². The van der Waals surface area contributed by atoms with Crippen molar-refractivity contribution in [2.24, 2.45) is 0 Å². The molecule has 2 aromatic rings. The van der Waals surface area contributed by atoms with Crippen LogP contribution in [-0.4, -0.2) is 11.7 Å². The Morgan fingerprint density at radius 3 is 2.39 bits per heavy atom. The number of hydrogen-bond acceptors (Lipinski definition) is 1. The second-order valence-electron chi connectivity index (χ2n) is 4.78. The number of halogens is 1. The number of hydrogen-bond donors (Lipinski definition) is 0. The van der Waals surface area contributed by atoms with E-state index in [0.717, 1.165) is 13.1 Å². The smallest absolute Gasteiger partial charge is 0.244 e. The first-order chi connectivity index (χ1) is 11.2. The quantitative estimate of drug-likeness (QED) is 0.672. The van der Waals surface area contributed by atoms with Crippen LogP contribution >= 0.6 is 11.9 Å². The van der Waals surface area contributed by atoms with Crippen LogP contribution in [0.1, 0.15) is 44.7 Å². The molecule has 23 heavy (non-hydrogen) atoms. The van der Waals surface area contributed by atoms with E-state index in [1.54, 1.807) is 0 Å². The molecule has 0 radical (unpaired) electrons. The van der Waals surface area contributed by atoms with Crippen molar-refractivity contribution < 1.29 is 8.86 Å². The van der Waals surface area contributed by atoms with Gasteiger partial charge in [-0.05, 0) is 17.5 Å². The molecule has 1 heterocycles. The fourth-order valence-electron chi connectivity index (χ4n) is 1.98. The van der Waals surface area contributed by atoms with E-state index in [9.17, 15) is 0 Å². The first kappa shape index (κ1) is 21.4. The lowest BCUT2D eigenvalue weighted by Gasteiger charge is -1.99. The van der Waals surface area contributed by atoms with E-state index in [1.807, 2.05) is 19.9 Å². The molecule has 128 valence electrons. The Kier molecular flexibility index (Phi) is 13.1. The summed E-state index contributed by atoms with van der Waals surface area (Å²) in [4.78, 5) is 0. The van der Waals surface area contributed by atoms with Crippen molar-refractivity contribution >= 4 is 17.9 Å². The van der Waals surface area contributed by atoms with Crippen molar-refractivity contribution in [2.45, 2.75) is 46.7 Å². The molecule has 1 aromatic heterocycles. The van der Waals surface area contributed by atoms with Gasteiger partial charge in [-0.15, -0.1) is 0 Å². The zero-order chi connectivity index (χ0) is 17.5. The molecule has 0 saturated carbocycles. The third-order valence-corrected chi connectivity index (χ3v) is 3.10. The summed E-state index contributed by atoms with van der Waals surface area (Å²) in [7, 11) is 1.39. The van der Waals surface area contributed by atoms with Gasteiger partial charge >= 0.3 is 0 Å². The highest BCUT2D eigenvalue weighted by molar-refractivity contribution is 6.07. The molecule has 0 fully saturated rings. The Labute approximate surface area is 146 Å². The summed E-state index contributed by atoms with van der Waals surface area (Å²) >= 11 is 4.50. The monoisotopic (exact) mass is 337 g/mol. The van der Waals surface area contributed by atoms with Gasteiger partial charge in [0.25, 0.3) is 0 Å². The summed E-state index contributed by atoms with van der Waals surface area (Å²) in [6.07, 6.45) is 10.8. The van der Waals surface area contributed by atoms with Crippen molar-refractivity contribution in [3.8, 4) is 0 Å². The SMILES string of the molecule is C=Cc1ccc(C[n+]2ccn(CCCC)c2)cc1.CC.COCl. The third-order valence-electron chi connectivity index (χ3n) is 3.10. The molecular weight excluding hydrogens is 308 g/mol. The first-order valence-corrected chi connectivity index (χ1v) is 8.45. The van der Waals surface area contributed by atoms with Gasteiger partial charge in [-0.3, -0.25) is 4.29 Å². The standard InChI is InChI=1S/C16H21N2.C2H6.CH3ClO/c1-3-5-10-17-11-12-18(14-17)13-16-8-6-15(4-2)7-9-16;1-2;1-3-2/h4,6-9,11-12,14H,2-3,5,10,13H2,1H3;1-2H3;1H3/q+1;;. The molecule has 0 saturated heterocycles. The average molecular weight is 338 g/mol. The summed E-state index contributed by atoms with van der Waals surface area (Å²) in [5.41, 5.74) is 2.49. The van der Waals surface area contributed by atoms with E-state index in [4.69, 9.17) is 0 Å². The minimum Gasteiger partial charge on any atom is -0.283 e. The minimum atomic E-state index is 0.927. The number of aryl methyl sites for hydroxylation is 1. The maximum atomic E-state index is 4.50. The van der Waals surface area contributed by atoms with Gasteiger partial charge in [0.05, 0.1) is 25.5 Å². The van der Waals surface area contributed by atoms with Crippen LogP contribution in [0.3, 0.4) is 0 Å². The van der Waals surface area contributed by atoms with Gasteiger partial charge in [0.15, 0.2) is 0 Å². The first-order valence-electron chi connectivity index (χ1n) is 8.14. The van der Waals surface area contributed by atoms with Crippen LogP contribution in [0.4, 0.5) is 0 Å². The lowest BCUT2D eigenvalue weighted by molar-refractivity contribution is -0.687. The molecule has 0 N–H and O–H groups in total. The summed E-state index contributed by atoms with van der Waals surface area (Å²) in [6.45, 7) is 12.0. The number of unbranched alkanes of at least 4 members (excludes halogenated alkanes) is 1. The second kappa shape index (κ2) is 14.0. The van der Waals surface area contributed by atoms with Gasteiger partial charge in [0.2, 0.25) is 6.33 Å². The Bertz CT molecular complexity index is 520. The Hall–Kier alpha value is -1.58. The van der Waals surface area contributed by atoms with E-state index in [0.29, 0.717) is 0 Å². The van der Waals surface area contributed by atoms with Crippen LogP contribution in [0.2, 0.25) is 0 Å². The molecule has 2 rings (SSSR count). The van der Waals surface area contributed by atoms with Crippen LogP contribution in [-0.2, 0) is 17.4 Å². The molecule has 3 nitrogen and oxygen atoms in total. The maximum Gasteiger partial charge on any atom is 0.244 e. The van der Waals surface area contributed by atoms with Crippen LogP contribution in [0, 0.1) is 0 Å².